The van der Waals surface area contributed by atoms with E-state index in [1.807, 2.05) is 13.0 Å². The molecule has 1 unspecified atom stereocenters. The molecule has 1 atom stereocenters. The third-order valence-corrected chi connectivity index (χ3v) is 2.14. The van der Waals surface area contributed by atoms with Gasteiger partial charge in [0.25, 0.3) is 0 Å². The highest BCUT2D eigenvalue weighted by atomic mass is 16.2. The largest absolute Gasteiger partial charge is 0.396 e. The number of hydrogen-bond donors (Lipinski definition) is 3. The average Bonchev–Trinajstić information content (AvgIpc) is 2.31. The standard InChI is InChI=1S/C11H15N5O/c1-3-14-11(17)7(2)15-10-5-4-8(13)9(6-12)16-10/h4-5,7H,3,13H2,1-2H3,(H,14,17)(H,15,16). The van der Waals surface area contributed by atoms with Crippen molar-refractivity contribution in [1.29, 1.82) is 5.26 Å². The molecule has 1 aromatic heterocycles. The van der Waals surface area contributed by atoms with E-state index >= 15 is 0 Å². The summed E-state index contributed by atoms with van der Waals surface area (Å²) in [4.78, 5) is 15.5. The lowest BCUT2D eigenvalue weighted by Gasteiger charge is -2.14. The molecule has 0 fully saturated rings. The monoisotopic (exact) mass is 233 g/mol. The molecule has 0 aliphatic heterocycles. The van der Waals surface area contributed by atoms with E-state index in [4.69, 9.17) is 11.0 Å². The van der Waals surface area contributed by atoms with Gasteiger partial charge in [0.2, 0.25) is 5.91 Å². The van der Waals surface area contributed by atoms with Gasteiger partial charge in [0.15, 0.2) is 5.69 Å². The Hall–Kier alpha value is -2.29. The van der Waals surface area contributed by atoms with Crippen molar-refractivity contribution < 1.29 is 4.79 Å². The molecule has 1 amide bonds. The normalized spacial score (nSPS) is 11.4. The molecule has 0 spiro atoms. The van der Waals surface area contributed by atoms with Gasteiger partial charge in [-0.25, -0.2) is 4.98 Å². The number of nitrogens with one attached hydrogen (secondary N) is 2. The van der Waals surface area contributed by atoms with Gasteiger partial charge >= 0.3 is 0 Å². The second-order valence-electron chi connectivity index (χ2n) is 3.51. The van der Waals surface area contributed by atoms with Gasteiger partial charge in [0.05, 0.1) is 5.69 Å². The van der Waals surface area contributed by atoms with Crippen LogP contribution in [0.15, 0.2) is 12.1 Å². The number of pyridine rings is 1. The summed E-state index contributed by atoms with van der Waals surface area (Å²) in [6.07, 6.45) is 0. The van der Waals surface area contributed by atoms with Gasteiger partial charge in [-0.05, 0) is 26.0 Å². The predicted molar refractivity (Wildman–Crippen MR) is 65.1 cm³/mol. The van der Waals surface area contributed by atoms with Crippen molar-refractivity contribution in [2.24, 2.45) is 0 Å². The molecule has 90 valence electrons. The van der Waals surface area contributed by atoms with Gasteiger partial charge in [-0.15, -0.1) is 0 Å². The second-order valence-corrected chi connectivity index (χ2v) is 3.51. The zero-order chi connectivity index (χ0) is 12.8. The summed E-state index contributed by atoms with van der Waals surface area (Å²) in [6, 6.07) is 4.68. The highest BCUT2D eigenvalue weighted by Gasteiger charge is 2.12. The van der Waals surface area contributed by atoms with Gasteiger partial charge in [0.1, 0.15) is 17.9 Å². The maximum atomic E-state index is 11.5. The van der Waals surface area contributed by atoms with E-state index in [0.29, 0.717) is 18.1 Å². The molecule has 0 radical (unpaired) electrons. The van der Waals surface area contributed by atoms with Gasteiger partial charge in [0, 0.05) is 6.54 Å². The van der Waals surface area contributed by atoms with E-state index in [0.717, 1.165) is 0 Å². The topological polar surface area (TPSA) is 104 Å². The summed E-state index contributed by atoms with van der Waals surface area (Å²) in [7, 11) is 0. The number of nitrogens with zero attached hydrogens (tertiary/aromatic N) is 2. The molecular formula is C11H15N5O. The molecule has 0 aliphatic carbocycles. The summed E-state index contributed by atoms with van der Waals surface area (Å²) in [6.45, 7) is 4.14. The van der Waals surface area contributed by atoms with Crippen molar-refractivity contribution in [3.05, 3.63) is 17.8 Å². The van der Waals surface area contributed by atoms with Crippen molar-refractivity contribution in [3.8, 4) is 6.07 Å². The van der Waals surface area contributed by atoms with Crippen LogP contribution in [0.1, 0.15) is 19.5 Å². The maximum absolute atomic E-state index is 11.5. The lowest BCUT2D eigenvalue weighted by Crippen LogP contribution is -2.37. The predicted octanol–water partition coefficient (Wildman–Crippen LogP) is 0.472. The Bertz CT molecular complexity index is 452. The minimum atomic E-state index is -0.419. The first-order valence-corrected chi connectivity index (χ1v) is 5.29. The first kappa shape index (κ1) is 12.8. The van der Waals surface area contributed by atoms with Crippen LogP contribution < -0.4 is 16.4 Å². The molecule has 1 aromatic rings. The minimum Gasteiger partial charge on any atom is -0.396 e. The first-order valence-electron chi connectivity index (χ1n) is 5.29. The first-order chi connectivity index (χ1) is 8.08. The van der Waals surface area contributed by atoms with Crippen LogP contribution in [-0.2, 0) is 4.79 Å². The number of amides is 1. The Morgan fingerprint density at radius 3 is 2.94 bits per heavy atom. The highest BCUT2D eigenvalue weighted by Crippen LogP contribution is 2.12. The number of rotatable bonds is 4. The Kier molecular flexibility index (Phi) is 4.29. The Morgan fingerprint density at radius 1 is 1.65 bits per heavy atom. The average molecular weight is 233 g/mol. The van der Waals surface area contributed by atoms with Crippen LogP contribution in [0.4, 0.5) is 11.5 Å². The summed E-state index contributed by atoms with van der Waals surface area (Å²) in [5.74, 6) is 0.333. The van der Waals surface area contributed by atoms with E-state index in [2.05, 4.69) is 15.6 Å². The SMILES string of the molecule is CCNC(=O)C(C)Nc1ccc(N)c(C#N)n1. The molecule has 4 N–H and O–H groups in total. The van der Waals surface area contributed by atoms with Crippen molar-refractivity contribution in [2.75, 3.05) is 17.6 Å². The second kappa shape index (κ2) is 5.70. The maximum Gasteiger partial charge on any atom is 0.242 e. The van der Waals surface area contributed by atoms with E-state index in [9.17, 15) is 4.79 Å². The van der Waals surface area contributed by atoms with Crippen LogP contribution in [0.25, 0.3) is 0 Å². The molecule has 0 aromatic carbocycles. The fourth-order valence-corrected chi connectivity index (χ4v) is 1.25. The van der Waals surface area contributed by atoms with Crippen LogP contribution in [0.5, 0.6) is 0 Å². The number of anilines is 2. The minimum absolute atomic E-state index is 0.121. The van der Waals surface area contributed by atoms with Crippen LogP contribution >= 0.6 is 0 Å². The zero-order valence-electron chi connectivity index (χ0n) is 9.82. The number of aromatic nitrogens is 1. The van der Waals surface area contributed by atoms with E-state index in [-0.39, 0.29) is 11.6 Å². The van der Waals surface area contributed by atoms with E-state index in [1.165, 1.54) is 0 Å². The summed E-state index contributed by atoms with van der Waals surface area (Å²) >= 11 is 0. The highest BCUT2D eigenvalue weighted by molar-refractivity contribution is 5.83. The Labute approximate surface area is 99.8 Å². The third-order valence-electron chi connectivity index (χ3n) is 2.14. The quantitative estimate of drug-likeness (QED) is 0.701. The zero-order valence-corrected chi connectivity index (χ0v) is 9.82. The molecule has 17 heavy (non-hydrogen) atoms. The van der Waals surface area contributed by atoms with Crippen LogP contribution in [0.2, 0.25) is 0 Å². The van der Waals surface area contributed by atoms with Gasteiger partial charge in [-0.2, -0.15) is 5.26 Å². The molecule has 0 saturated heterocycles. The summed E-state index contributed by atoms with van der Waals surface area (Å²) < 4.78 is 0. The third kappa shape index (κ3) is 3.34. The van der Waals surface area contributed by atoms with Crippen LogP contribution in [0, 0.1) is 11.3 Å². The van der Waals surface area contributed by atoms with Gasteiger partial charge in [-0.3, -0.25) is 4.79 Å². The molecule has 1 rings (SSSR count). The molecule has 0 bridgehead atoms. The smallest absolute Gasteiger partial charge is 0.242 e. The fourth-order valence-electron chi connectivity index (χ4n) is 1.25. The number of nitrogens with two attached hydrogens (primary N) is 1. The van der Waals surface area contributed by atoms with Crippen LogP contribution in [-0.4, -0.2) is 23.5 Å². The van der Waals surface area contributed by atoms with E-state index in [1.54, 1.807) is 19.1 Å². The summed E-state index contributed by atoms with van der Waals surface area (Å²) in [5, 5.41) is 14.4. The number of carbonyl (C=O) groups excluding carboxylic acids is 1. The Balaban J connectivity index is 2.76. The lowest BCUT2D eigenvalue weighted by molar-refractivity contribution is -0.121. The van der Waals surface area contributed by atoms with Crippen molar-refractivity contribution >= 4 is 17.4 Å². The van der Waals surface area contributed by atoms with Gasteiger partial charge in [-0.1, -0.05) is 0 Å². The Morgan fingerprint density at radius 2 is 2.35 bits per heavy atom. The molecular weight excluding hydrogens is 218 g/mol. The number of carbonyl (C=O) groups is 1. The van der Waals surface area contributed by atoms with Crippen molar-refractivity contribution in [1.82, 2.24) is 10.3 Å². The lowest BCUT2D eigenvalue weighted by atomic mass is 10.3. The molecule has 0 aliphatic rings. The van der Waals surface area contributed by atoms with Crippen molar-refractivity contribution in [2.45, 2.75) is 19.9 Å². The molecule has 6 heteroatoms. The number of likely N-dealkylation sites (N-methyl/N-ethyl adjacent to an activating group) is 1. The molecule has 1 heterocycles. The molecule has 0 saturated carbocycles. The number of hydrogen-bond acceptors (Lipinski definition) is 5. The number of nitrogen functional groups attached to an aromatic ring is 1. The van der Waals surface area contributed by atoms with Crippen LogP contribution in [0.3, 0.4) is 0 Å². The molecule has 6 nitrogen and oxygen atoms in total. The fraction of sp³-hybridized carbons (Fsp3) is 0.364. The number of nitriles is 1. The summed E-state index contributed by atoms with van der Waals surface area (Å²) in [5.41, 5.74) is 6.02. The van der Waals surface area contributed by atoms with E-state index < -0.39 is 6.04 Å². The van der Waals surface area contributed by atoms with Crippen molar-refractivity contribution in [3.63, 3.8) is 0 Å². The van der Waals surface area contributed by atoms with Gasteiger partial charge < -0.3 is 16.4 Å².